The van der Waals surface area contributed by atoms with Gasteiger partial charge in [0.1, 0.15) is 6.04 Å². The molecule has 184 valence electrons. The largest absolute Gasteiger partial charge is 0.462 e. The first-order valence-electron chi connectivity index (χ1n) is 10.9. The molecule has 2 aromatic carbocycles. The van der Waals surface area contributed by atoms with Crippen molar-refractivity contribution in [1.82, 2.24) is 10.2 Å². The van der Waals surface area contributed by atoms with E-state index in [0.29, 0.717) is 22.0 Å². The summed E-state index contributed by atoms with van der Waals surface area (Å²) in [6.07, 6.45) is -0.154. The lowest BCUT2D eigenvalue weighted by Crippen LogP contribution is -2.42. The maximum atomic E-state index is 13.4. The van der Waals surface area contributed by atoms with Crippen LogP contribution in [0.1, 0.15) is 30.6 Å². The second-order valence-corrected chi connectivity index (χ2v) is 8.48. The lowest BCUT2D eigenvalue weighted by molar-refractivity contribution is -0.124. The van der Waals surface area contributed by atoms with Gasteiger partial charge in [-0.15, -0.1) is 0 Å². The highest BCUT2D eigenvalue weighted by Crippen LogP contribution is 2.28. The molecule has 1 saturated heterocycles. The number of anilines is 2. The van der Waals surface area contributed by atoms with E-state index in [0.717, 1.165) is 0 Å². The molecule has 1 aliphatic heterocycles. The predicted octanol–water partition coefficient (Wildman–Crippen LogP) is 2.98. The minimum atomic E-state index is -0.867. The average molecular weight is 517 g/mol. The highest BCUT2D eigenvalue weighted by Gasteiger charge is 2.44. The molecule has 2 aromatic rings. The van der Waals surface area contributed by atoms with Gasteiger partial charge in [-0.2, -0.15) is 0 Å². The van der Waals surface area contributed by atoms with Gasteiger partial charge in [-0.1, -0.05) is 11.6 Å². The van der Waals surface area contributed by atoms with Crippen LogP contribution in [-0.2, 0) is 19.1 Å². The molecule has 1 fully saturated rings. The van der Waals surface area contributed by atoms with Crippen LogP contribution in [0.4, 0.5) is 11.4 Å². The zero-order valence-corrected chi connectivity index (χ0v) is 20.8. The number of hydrogen-bond acceptors (Lipinski definition) is 6. The third-order valence-corrected chi connectivity index (χ3v) is 5.86. The van der Waals surface area contributed by atoms with E-state index in [-0.39, 0.29) is 49.0 Å². The van der Waals surface area contributed by atoms with Crippen molar-refractivity contribution in [1.29, 1.82) is 0 Å². The molecule has 35 heavy (non-hydrogen) atoms. The second kappa shape index (κ2) is 11.8. The van der Waals surface area contributed by atoms with Crippen LogP contribution >= 0.6 is 23.8 Å². The molecule has 1 heterocycles. The summed E-state index contributed by atoms with van der Waals surface area (Å²) in [5.41, 5.74) is 1.34. The topological polar surface area (TPSA) is 108 Å². The van der Waals surface area contributed by atoms with Crippen molar-refractivity contribution in [3.05, 3.63) is 59.1 Å². The standard InChI is InChI=1S/C24H25ClN4O5S/c1-3-34-23(33)16-4-10-19(11-5-16)29-22(32)20(28(24(29)35)13-12-26-15(2)30)14-21(31)27-18-8-6-17(25)7-9-18/h4-11,20H,3,12-14H2,1-2H3,(H,26,30)(H,27,31). The van der Waals surface area contributed by atoms with Crippen molar-refractivity contribution in [2.45, 2.75) is 26.3 Å². The van der Waals surface area contributed by atoms with Crippen LogP contribution in [0.3, 0.4) is 0 Å². The molecule has 1 unspecified atom stereocenters. The average Bonchev–Trinajstić information content (AvgIpc) is 3.04. The summed E-state index contributed by atoms with van der Waals surface area (Å²) < 4.78 is 4.99. The summed E-state index contributed by atoms with van der Waals surface area (Å²) in [6, 6.07) is 12.0. The van der Waals surface area contributed by atoms with Crippen molar-refractivity contribution in [2.24, 2.45) is 0 Å². The van der Waals surface area contributed by atoms with Crippen LogP contribution in [-0.4, -0.2) is 59.4 Å². The number of nitrogens with one attached hydrogen (secondary N) is 2. The Bertz CT molecular complexity index is 1120. The molecule has 0 aliphatic carbocycles. The number of amides is 3. The normalized spacial score (nSPS) is 15.2. The predicted molar refractivity (Wildman–Crippen MR) is 136 cm³/mol. The third kappa shape index (κ3) is 6.55. The van der Waals surface area contributed by atoms with Gasteiger partial charge in [0.05, 0.1) is 24.3 Å². The molecule has 1 aliphatic rings. The fraction of sp³-hybridized carbons (Fsp3) is 0.292. The summed E-state index contributed by atoms with van der Waals surface area (Å²) in [7, 11) is 0. The molecule has 1 atom stereocenters. The fourth-order valence-electron chi connectivity index (χ4n) is 3.56. The molecule has 3 rings (SSSR count). The van der Waals surface area contributed by atoms with Gasteiger partial charge < -0.3 is 20.3 Å². The quantitative estimate of drug-likeness (QED) is 0.389. The van der Waals surface area contributed by atoms with E-state index in [4.69, 9.17) is 28.6 Å². The summed E-state index contributed by atoms with van der Waals surface area (Å²) in [6.45, 7) is 3.83. The van der Waals surface area contributed by atoms with Crippen molar-refractivity contribution in [2.75, 3.05) is 29.9 Å². The van der Waals surface area contributed by atoms with Gasteiger partial charge in [-0.25, -0.2) is 4.79 Å². The lowest BCUT2D eigenvalue weighted by atomic mass is 10.1. The highest BCUT2D eigenvalue weighted by atomic mass is 35.5. The molecule has 3 amide bonds. The van der Waals surface area contributed by atoms with E-state index < -0.39 is 12.0 Å². The molecule has 2 N–H and O–H groups in total. The Hall–Kier alpha value is -3.50. The second-order valence-electron chi connectivity index (χ2n) is 7.67. The number of hydrogen-bond donors (Lipinski definition) is 2. The van der Waals surface area contributed by atoms with Crippen LogP contribution in [0.2, 0.25) is 5.02 Å². The molecule has 11 heteroatoms. The summed E-state index contributed by atoms with van der Waals surface area (Å²) >= 11 is 11.5. The molecular formula is C24H25ClN4O5S. The monoisotopic (exact) mass is 516 g/mol. The first kappa shape index (κ1) is 26.1. The van der Waals surface area contributed by atoms with Gasteiger partial charge in [0.2, 0.25) is 11.8 Å². The maximum absolute atomic E-state index is 13.4. The number of carbonyl (C=O) groups is 4. The summed E-state index contributed by atoms with van der Waals surface area (Å²) in [4.78, 5) is 52.4. The van der Waals surface area contributed by atoms with Crippen molar-refractivity contribution >= 4 is 64.0 Å². The van der Waals surface area contributed by atoms with Gasteiger partial charge in [-0.3, -0.25) is 19.3 Å². The van der Waals surface area contributed by atoms with Gasteiger partial charge in [-0.05, 0) is 67.7 Å². The minimum Gasteiger partial charge on any atom is -0.462 e. The van der Waals surface area contributed by atoms with Crippen molar-refractivity contribution in [3.63, 3.8) is 0 Å². The van der Waals surface area contributed by atoms with Crippen LogP contribution in [0.25, 0.3) is 0 Å². The zero-order chi connectivity index (χ0) is 25.5. The van der Waals surface area contributed by atoms with Gasteiger partial charge in [0, 0.05) is 30.7 Å². The number of halogens is 1. The number of ether oxygens (including phenoxy) is 1. The zero-order valence-electron chi connectivity index (χ0n) is 19.2. The molecule has 0 saturated carbocycles. The van der Waals surface area contributed by atoms with Crippen LogP contribution in [0.15, 0.2) is 48.5 Å². The Morgan fingerprint density at radius 3 is 2.34 bits per heavy atom. The van der Waals surface area contributed by atoms with E-state index in [1.807, 2.05) is 0 Å². The van der Waals surface area contributed by atoms with E-state index in [1.165, 1.54) is 11.8 Å². The molecule has 0 aromatic heterocycles. The maximum Gasteiger partial charge on any atom is 0.338 e. The number of carbonyl (C=O) groups excluding carboxylic acids is 4. The SMILES string of the molecule is CCOC(=O)c1ccc(N2C(=O)C(CC(=O)Nc3ccc(Cl)cc3)N(CCNC(C)=O)C2=S)cc1. The smallest absolute Gasteiger partial charge is 0.338 e. The number of rotatable bonds is 9. The summed E-state index contributed by atoms with van der Waals surface area (Å²) in [5.74, 6) is -1.45. The van der Waals surface area contributed by atoms with Crippen LogP contribution in [0.5, 0.6) is 0 Å². The number of nitrogens with zero attached hydrogens (tertiary/aromatic N) is 2. The lowest BCUT2D eigenvalue weighted by Gasteiger charge is -2.24. The molecular weight excluding hydrogens is 492 g/mol. The molecule has 0 bridgehead atoms. The van der Waals surface area contributed by atoms with E-state index in [1.54, 1.807) is 60.4 Å². The first-order valence-corrected chi connectivity index (χ1v) is 11.7. The Morgan fingerprint density at radius 1 is 1.09 bits per heavy atom. The summed E-state index contributed by atoms with van der Waals surface area (Å²) in [5, 5.41) is 6.17. The Balaban J connectivity index is 1.80. The van der Waals surface area contributed by atoms with Gasteiger partial charge in [0.15, 0.2) is 5.11 Å². The Labute approximate surface area is 213 Å². The van der Waals surface area contributed by atoms with Crippen LogP contribution in [0, 0.1) is 0 Å². The highest BCUT2D eigenvalue weighted by molar-refractivity contribution is 7.80. The number of esters is 1. The van der Waals surface area contributed by atoms with Crippen molar-refractivity contribution in [3.8, 4) is 0 Å². The number of thiocarbonyl (C=S) groups is 1. The molecule has 0 spiro atoms. The minimum absolute atomic E-state index is 0.154. The van der Waals surface area contributed by atoms with Crippen LogP contribution < -0.4 is 15.5 Å². The Morgan fingerprint density at radius 2 is 1.74 bits per heavy atom. The van der Waals surface area contributed by atoms with Crippen molar-refractivity contribution < 1.29 is 23.9 Å². The van der Waals surface area contributed by atoms with E-state index in [2.05, 4.69) is 10.6 Å². The van der Waals surface area contributed by atoms with E-state index in [9.17, 15) is 19.2 Å². The van der Waals surface area contributed by atoms with Gasteiger partial charge in [0.25, 0.3) is 5.91 Å². The number of benzene rings is 2. The third-order valence-electron chi connectivity index (χ3n) is 5.19. The van der Waals surface area contributed by atoms with Gasteiger partial charge >= 0.3 is 5.97 Å². The van der Waals surface area contributed by atoms with E-state index >= 15 is 0 Å². The Kier molecular flexibility index (Phi) is 8.78. The molecule has 0 radical (unpaired) electrons. The molecule has 9 nitrogen and oxygen atoms in total. The first-order chi connectivity index (χ1) is 16.7. The fourth-order valence-corrected chi connectivity index (χ4v) is 4.10.